The van der Waals surface area contributed by atoms with E-state index in [4.69, 9.17) is 9.63 Å². The first kappa shape index (κ1) is 11.1. The molecular weight excluding hydrogens is 212 g/mol. The standard InChI is InChI=1S/C10H14N2O4/c13-9(14)8-4-7(16-12-8)5-11-6-10(15)2-1-3-10/h4,11,15H,1-3,5-6H2,(H,13,14). The molecule has 0 aliphatic heterocycles. The Morgan fingerprint density at radius 1 is 1.62 bits per heavy atom. The molecule has 0 bridgehead atoms. The predicted octanol–water partition coefficient (Wildman–Crippen LogP) is 0.377. The zero-order valence-electron chi connectivity index (χ0n) is 8.77. The molecule has 88 valence electrons. The van der Waals surface area contributed by atoms with Crippen molar-refractivity contribution in [1.82, 2.24) is 10.5 Å². The zero-order valence-corrected chi connectivity index (χ0v) is 8.77. The average molecular weight is 226 g/mol. The van der Waals surface area contributed by atoms with Crippen molar-refractivity contribution in [1.29, 1.82) is 0 Å². The molecule has 1 aromatic heterocycles. The fraction of sp³-hybridized carbons (Fsp3) is 0.600. The van der Waals surface area contributed by atoms with Crippen LogP contribution in [0.3, 0.4) is 0 Å². The third kappa shape index (κ3) is 2.40. The van der Waals surface area contributed by atoms with Crippen molar-refractivity contribution < 1.29 is 19.5 Å². The van der Waals surface area contributed by atoms with Crippen molar-refractivity contribution in [2.24, 2.45) is 0 Å². The third-order valence-electron chi connectivity index (χ3n) is 2.82. The molecule has 1 aromatic rings. The van der Waals surface area contributed by atoms with Crippen molar-refractivity contribution >= 4 is 5.97 Å². The van der Waals surface area contributed by atoms with Crippen LogP contribution in [0.2, 0.25) is 0 Å². The number of hydrogen-bond donors (Lipinski definition) is 3. The number of carboxylic acid groups (broad SMARTS) is 1. The molecule has 1 heterocycles. The molecule has 1 aliphatic carbocycles. The highest BCUT2D eigenvalue weighted by atomic mass is 16.5. The number of rotatable bonds is 5. The summed E-state index contributed by atoms with van der Waals surface area (Å²) in [4.78, 5) is 10.5. The van der Waals surface area contributed by atoms with Crippen LogP contribution in [0.4, 0.5) is 0 Å². The highest BCUT2D eigenvalue weighted by molar-refractivity contribution is 5.85. The number of aliphatic hydroxyl groups is 1. The van der Waals surface area contributed by atoms with E-state index in [9.17, 15) is 9.90 Å². The predicted molar refractivity (Wildman–Crippen MR) is 54.0 cm³/mol. The topological polar surface area (TPSA) is 95.6 Å². The molecule has 0 radical (unpaired) electrons. The number of aromatic nitrogens is 1. The molecule has 0 spiro atoms. The minimum Gasteiger partial charge on any atom is -0.476 e. The fourth-order valence-electron chi connectivity index (χ4n) is 1.68. The molecule has 6 nitrogen and oxygen atoms in total. The largest absolute Gasteiger partial charge is 0.476 e. The van der Waals surface area contributed by atoms with Crippen molar-refractivity contribution in [3.8, 4) is 0 Å². The van der Waals surface area contributed by atoms with E-state index in [1.807, 2.05) is 0 Å². The quantitative estimate of drug-likeness (QED) is 0.671. The molecule has 16 heavy (non-hydrogen) atoms. The average Bonchev–Trinajstić information content (AvgIpc) is 2.64. The van der Waals surface area contributed by atoms with Crippen LogP contribution >= 0.6 is 0 Å². The molecule has 0 amide bonds. The summed E-state index contributed by atoms with van der Waals surface area (Å²) in [6.45, 7) is 0.874. The maximum absolute atomic E-state index is 10.5. The molecule has 0 aromatic carbocycles. The fourth-order valence-corrected chi connectivity index (χ4v) is 1.68. The van der Waals surface area contributed by atoms with Crippen LogP contribution in [-0.4, -0.2) is 33.5 Å². The van der Waals surface area contributed by atoms with Gasteiger partial charge in [0.15, 0.2) is 11.5 Å². The number of nitrogens with zero attached hydrogens (tertiary/aromatic N) is 1. The molecular formula is C10H14N2O4. The number of carbonyl (C=O) groups is 1. The lowest BCUT2D eigenvalue weighted by Crippen LogP contribution is -2.45. The van der Waals surface area contributed by atoms with E-state index in [2.05, 4.69) is 10.5 Å². The van der Waals surface area contributed by atoms with Crippen LogP contribution in [0.25, 0.3) is 0 Å². The van der Waals surface area contributed by atoms with Gasteiger partial charge in [-0.2, -0.15) is 0 Å². The molecule has 1 saturated carbocycles. The van der Waals surface area contributed by atoms with Gasteiger partial charge in [-0.3, -0.25) is 0 Å². The minimum absolute atomic E-state index is 0.0980. The van der Waals surface area contributed by atoms with E-state index in [1.54, 1.807) is 0 Å². The van der Waals surface area contributed by atoms with E-state index in [-0.39, 0.29) is 5.69 Å². The second-order valence-electron chi connectivity index (χ2n) is 4.17. The number of hydrogen-bond acceptors (Lipinski definition) is 5. The summed E-state index contributed by atoms with van der Waals surface area (Å²) in [5.74, 6) is -0.645. The first-order valence-corrected chi connectivity index (χ1v) is 5.21. The van der Waals surface area contributed by atoms with Gasteiger partial charge in [-0.05, 0) is 19.3 Å². The number of nitrogens with one attached hydrogen (secondary N) is 1. The lowest BCUT2D eigenvalue weighted by Gasteiger charge is -2.36. The van der Waals surface area contributed by atoms with E-state index in [0.717, 1.165) is 19.3 Å². The van der Waals surface area contributed by atoms with Crippen LogP contribution in [0.5, 0.6) is 0 Å². The molecule has 6 heteroatoms. The van der Waals surface area contributed by atoms with Crippen molar-refractivity contribution in [2.75, 3.05) is 6.54 Å². The summed E-state index contributed by atoms with van der Waals surface area (Å²) in [6.07, 6.45) is 2.69. The summed E-state index contributed by atoms with van der Waals surface area (Å²) in [5.41, 5.74) is -0.686. The Morgan fingerprint density at radius 3 is 2.88 bits per heavy atom. The highest BCUT2D eigenvalue weighted by Crippen LogP contribution is 2.30. The molecule has 1 aliphatic rings. The second kappa shape index (κ2) is 4.23. The molecule has 3 N–H and O–H groups in total. The highest BCUT2D eigenvalue weighted by Gasteiger charge is 2.33. The van der Waals surface area contributed by atoms with Gasteiger partial charge in [-0.25, -0.2) is 4.79 Å². The van der Waals surface area contributed by atoms with Crippen LogP contribution in [0.1, 0.15) is 35.5 Å². The molecule has 1 fully saturated rings. The van der Waals surface area contributed by atoms with Gasteiger partial charge in [0.2, 0.25) is 0 Å². The van der Waals surface area contributed by atoms with Crippen molar-refractivity contribution in [2.45, 2.75) is 31.4 Å². The Hall–Kier alpha value is -1.40. The molecule has 0 saturated heterocycles. The van der Waals surface area contributed by atoms with Gasteiger partial charge in [-0.15, -0.1) is 0 Å². The van der Waals surface area contributed by atoms with E-state index < -0.39 is 11.6 Å². The number of aromatic carboxylic acids is 1. The Labute approximate surface area is 92.2 Å². The SMILES string of the molecule is O=C(O)c1cc(CNCC2(O)CCC2)on1. The van der Waals surface area contributed by atoms with Gasteiger partial charge in [-0.1, -0.05) is 5.16 Å². The lowest BCUT2D eigenvalue weighted by atomic mass is 9.80. The second-order valence-corrected chi connectivity index (χ2v) is 4.17. The summed E-state index contributed by atoms with van der Waals surface area (Å²) in [7, 11) is 0. The van der Waals surface area contributed by atoms with Gasteiger partial charge in [0.05, 0.1) is 12.1 Å². The lowest BCUT2D eigenvalue weighted by molar-refractivity contribution is -0.0317. The zero-order chi connectivity index (χ0) is 11.6. The first-order valence-electron chi connectivity index (χ1n) is 5.21. The van der Waals surface area contributed by atoms with E-state index in [0.29, 0.717) is 18.8 Å². The first-order chi connectivity index (χ1) is 7.59. The van der Waals surface area contributed by atoms with Gasteiger partial charge >= 0.3 is 5.97 Å². The molecule has 2 rings (SSSR count). The normalized spacial score (nSPS) is 18.1. The van der Waals surface area contributed by atoms with Gasteiger partial charge < -0.3 is 20.1 Å². The molecule has 0 atom stereocenters. The van der Waals surface area contributed by atoms with Crippen LogP contribution in [0, 0.1) is 0 Å². The number of carboxylic acids is 1. The van der Waals surface area contributed by atoms with E-state index >= 15 is 0 Å². The van der Waals surface area contributed by atoms with Gasteiger partial charge in [0.25, 0.3) is 0 Å². The Kier molecular flexibility index (Phi) is 2.93. The van der Waals surface area contributed by atoms with Crippen molar-refractivity contribution in [3.05, 3.63) is 17.5 Å². The van der Waals surface area contributed by atoms with Crippen LogP contribution < -0.4 is 5.32 Å². The summed E-state index contributed by atoms with van der Waals surface area (Å²) in [6, 6.07) is 1.38. The van der Waals surface area contributed by atoms with E-state index in [1.165, 1.54) is 6.07 Å². The van der Waals surface area contributed by atoms with Crippen LogP contribution in [0.15, 0.2) is 10.6 Å². The maximum Gasteiger partial charge on any atom is 0.358 e. The Morgan fingerprint density at radius 2 is 2.38 bits per heavy atom. The Balaban J connectivity index is 1.78. The van der Waals surface area contributed by atoms with Gasteiger partial charge in [0.1, 0.15) is 0 Å². The van der Waals surface area contributed by atoms with Crippen molar-refractivity contribution in [3.63, 3.8) is 0 Å². The van der Waals surface area contributed by atoms with Crippen LogP contribution in [-0.2, 0) is 6.54 Å². The Bertz CT molecular complexity index is 384. The third-order valence-corrected chi connectivity index (χ3v) is 2.82. The monoisotopic (exact) mass is 226 g/mol. The molecule has 0 unspecified atom stereocenters. The smallest absolute Gasteiger partial charge is 0.358 e. The summed E-state index contributed by atoms with van der Waals surface area (Å²) >= 11 is 0. The maximum atomic E-state index is 10.5. The minimum atomic E-state index is -1.10. The summed E-state index contributed by atoms with van der Waals surface area (Å²) < 4.78 is 4.82. The summed E-state index contributed by atoms with van der Waals surface area (Å²) in [5, 5.41) is 24.8. The van der Waals surface area contributed by atoms with Gasteiger partial charge in [0, 0.05) is 12.6 Å².